The van der Waals surface area contributed by atoms with E-state index >= 15 is 0 Å². The Morgan fingerprint density at radius 1 is 0.465 bits per heavy atom. The Labute approximate surface area is 864 Å². The van der Waals surface area contributed by atoms with Crippen LogP contribution in [0.5, 0.6) is 0 Å². The van der Waals surface area contributed by atoms with Crippen molar-refractivity contribution in [3.8, 4) is 54.5 Å². The Balaban J connectivity index is 0.000000180. The highest BCUT2D eigenvalue weighted by Crippen LogP contribution is 2.50. The predicted molar refractivity (Wildman–Crippen MR) is 560 cm³/mol. The van der Waals surface area contributed by atoms with Crippen molar-refractivity contribution in [1.82, 2.24) is 19.9 Å². The van der Waals surface area contributed by atoms with Crippen molar-refractivity contribution in [3.63, 3.8) is 0 Å². The number of benzene rings is 10. The summed E-state index contributed by atoms with van der Waals surface area (Å²) in [5, 5.41) is 47.3. The van der Waals surface area contributed by atoms with E-state index in [0.717, 1.165) is 147 Å². The number of fused-ring (bicyclic) bond motifs is 3. The van der Waals surface area contributed by atoms with Crippen LogP contribution in [0.1, 0.15) is 181 Å². The van der Waals surface area contributed by atoms with Crippen LogP contribution in [0.3, 0.4) is 0 Å². The number of hydrogen-bond donors (Lipinski definition) is 0. The van der Waals surface area contributed by atoms with Crippen LogP contribution in [0.25, 0.3) is 85.2 Å². The molecule has 0 saturated carbocycles. The van der Waals surface area contributed by atoms with E-state index in [0.29, 0.717) is 75.1 Å². The van der Waals surface area contributed by atoms with E-state index in [9.17, 15) is 68.0 Å². The fourth-order valence-electron chi connectivity index (χ4n) is 15.8. The average Bonchev–Trinajstić information content (AvgIpc) is 1.67. The molecule has 750 valence electrons. The third-order valence-corrected chi connectivity index (χ3v) is 28.0. The van der Waals surface area contributed by atoms with E-state index in [1.807, 2.05) is 202 Å². The molecule has 0 spiro atoms. The van der Waals surface area contributed by atoms with Crippen molar-refractivity contribution in [3.05, 3.63) is 284 Å². The molecule has 3 aromatic heterocycles. The number of carbonyl (C=O) groups excluding carboxylic acids is 3. The summed E-state index contributed by atoms with van der Waals surface area (Å²) in [5.74, 6) is -3.56. The monoisotopic (exact) mass is 2190 g/mol. The van der Waals surface area contributed by atoms with Crippen LogP contribution >= 0.6 is 101 Å². The van der Waals surface area contributed by atoms with Crippen molar-refractivity contribution in [1.29, 1.82) is 0 Å². The molecule has 5 heterocycles. The summed E-state index contributed by atoms with van der Waals surface area (Å²) in [6.07, 6.45) is -0.0993. The van der Waals surface area contributed by atoms with Gasteiger partial charge in [0.25, 0.3) is 5.69 Å². The van der Waals surface area contributed by atoms with Crippen molar-refractivity contribution < 1.29 is 85.0 Å². The largest absolute Gasteiger partial charge is 0.495 e. The first-order valence-electron chi connectivity index (χ1n) is 45.2. The molecule has 2 aliphatic rings. The molecule has 0 unspecified atom stereocenters. The zero-order valence-electron chi connectivity index (χ0n) is 81.7. The molecule has 27 nitrogen and oxygen atoms in total. The number of nitrogens with zero attached hydrogens (tertiary/aromatic N) is 8. The van der Waals surface area contributed by atoms with Crippen molar-refractivity contribution in [2.75, 3.05) is 40.0 Å². The molecule has 0 N–H and O–H groups in total. The van der Waals surface area contributed by atoms with Gasteiger partial charge in [0.1, 0.15) is 10.0 Å². The first-order valence-corrected chi connectivity index (χ1v) is 50.3. The van der Waals surface area contributed by atoms with Crippen molar-refractivity contribution >= 4 is 185 Å². The van der Waals surface area contributed by atoms with Gasteiger partial charge >= 0.3 is 42.1 Å². The molecule has 2 fully saturated rings. The Kier molecular flexibility index (Phi) is 37.0. The van der Waals surface area contributed by atoms with Gasteiger partial charge in [-0.25, -0.2) is 29.3 Å². The van der Waals surface area contributed by atoms with Crippen LogP contribution in [-0.2, 0) is 58.5 Å². The standard InChI is InChI=1S/C35H40ClN3O5S.C28H26ClFN2O5S.C22H23BrClNO3S.C12H15BFNO4.C6H3BrFNO2/c1-7-43-34(40)31(44-35(3,4)5)29-21(2)18-27-32(30(29)23-10-12-26(36)13-11-23)45-33(37-27)25-9-8-24(28(20-25)39(41)42)19-22-14-16-38(6)17-15-22;1-6-36-27(33)24(37-28(3,4)5)22-15(2)13-20-25(23(22)16-7-10-18(29)11-8-16)38-26(31-20)17-9-12-19(30)21(14-17)32(34)35;1-6-27-20(26)18(28-22(3,4)5)16-12(2)11-15-19(29-21(23)25-15)17(16)13-7-9-14(24)10-8-13;1-11(2)12(3,4)19-13(18-11)8-5-6-9(14)10(7-8)15(16)17;7-4-1-2-5(8)6(3-4)9(10)11/h8-13,18,20,22,31H,7,14-17,19H2,1-6H3;7-14,24H,6H2,1-5H3;7-11,18H,6H2,1-5H3;5-7H,1-4H3;1-3H/t31-;24-;18-;;/m000../s1. The Bertz CT molecular complexity index is 6860. The maximum absolute atomic E-state index is 14.0. The number of piperidine rings is 1. The molecule has 39 heteroatoms. The van der Waals surface area contributed by atoms with Crippen LogP contribution in [-0.4, -0.2) is 133 Å². The van der Waals surface area contributed by atoms with Gasteiger partial charge in [-0.05, 0) is 317 Å². The molecule has 0 bridgehead atoms. The smallest absolute Gasteiger partial charge is 0.464 e. The number of likely N-dealkylation sites (tertiary alicyclic amines) is 1. The van der Waals surface area contributed by atoms with Gasteiger partial charge in [-0.1, -0.05) is 105 Å². The summed E-state index contributed by atoms with van der Waals surface area (Å²) in [4.78, 5) is 98.0. The number of rotatable bonds is 24. The number of nitro benzene ring substituents is 4. The van der Waals surface area contributed by atoms with E-state index in [2.05, 4.69) is 48.8 Å². The van der Waals surface area contributed by atoms with Gasteiger partial charge in [-0.3, -0.25) is 40.5 Å². The molecule has 10 aromatic carbocycles. The van der Waals surface area contributed by atoms with E-state index < -0.39 is 121 Å². The molecule has 15 rings (SSSR count). The fourth-order valence-corrected chi connectivity index (χ4v) is 20.3. The van der Waals surface area contributed by atoms with Crippen molar-refractivity contribution in [2.45, 2.75) is 197 Å². The molecule has 0 radical (unpaired) electrons. The SMILES string of the molecule is CC1(C)OB(c2ccc(F)c([N+](=O)[O-])c2)OC1(C)C.CCOC(=O)[C@@H](OC(C)(C)C)c1c(C)cc2nc(-c3ccc(CC4CCN(C)CC4)c([N+](=O)[O-])c3)sc2c1-c1ccc(Cl)cc1.CCOC(=O)[C@@H](OC(C)(C)C)c1c(C)cc2nc(-c3ccc(F)c([N+](=O)[O-])c3)sc2c1-c1ccc(Cl)cc1.CCOC(=O)[C@@H](OC(C)(C)C)c1c(C)cc2nc(Br)sc2c1-c1ccc(Cl)cc1.O=[N+]([O-])c1cc(Br)ccc1F. The summed E-state index contributed by atoms with van der Waals surface area (Å²) in [5.41, 5.74) is 9.66. The summed E-state index contributed by atoms with van der Waals surface area (Å²) in [6, 6.07) is 44.4. The van der Waals surface area contributed by atoms with Gasteiger partial charge in [0.15, 0.2) is 28.0 Å². The minimum atomic E-state index is -1.03. The predicted octanol–water partition coefficient (Wildman–Crippen LogP) is 28.5. The summed E-state index contributed by atoms with van der Waals surface area (Å²) in [7, 11) is 1.38. The minimum absolute atomic E-state index is 0.126. The molecule has 0 amide bonds. The van der Waals surface area contributed by atoms with Gasteiger partial charge < -0.3 is 42.6 Å². The third-order valence-electron chi connectivity index (χ3n) is 22.9. The molecule has 2 saturated heterocycles. The van der Waals surface area contributed by atoms with E-state index in [4.69, 9.17) is 82.5 Å². The maximum Gasteiger partial charge on any atom is 0.495 e. The zero-order chi connectivity index (χ0) is 104. The number of aryl methyl sites for hydroxylation is 3. The Morgan fingerprint density at radius 2 is 0.782 bits per heavy atom. The van der Waals surface area contributed by atoms with Gasteiger partial charge in [0.05, 0.1) is 98.2 Å². The normalized spacial score (nSPS) is 14.4. The number of nitro groups is 4. The topological polar surface area (TPSA) is 340 Å². The lowest BCUT2D eigenvalue weighted by atomic mass is 9.79. The van der Waals surface area contributed by atoms with Crippen LogP contribution in [0.4, 0.5) is 35.9 Å². The zero-order valence-corrected chi connectivity index (χ0v) is 89.6. The lowest BCUT2D eigenvalue weighted by Crippen LogP contribution is -2.41. The number of carbonyl (C=O) groups is 3. The second kappa shape index (κ2) is 47.0. The summed E-state index contributed by atoms with van der Waals surface area (Å²) >= 11 is 29.3. The summed E-state index contributed by atoms with van der Waals surface area (Å²) in [6.45, 7) is 38.4. The number of ether oxygens (including phenoxy) is 6. The number of esters is 3. The molecular formula is C103H107BBr2Cl3F3N8O19S3. The first-order chi connectivity index (χ1) is 66.6. The minimum Gasteiger partial charge on any atom is -0.464 e. The third kappa shape index (κ3) is 27.9. The highest BCUT2D eigenvalue weighted by molar-refractivity contribution is 9.11. The quantitative estimate of drug-likeness (QED) is 0.0178. The van der Waals surface area contributed by atoms with Gasteiger partial charge in [0.2, 0.25) is 11.6 Å². The molecule has 3 atom stereocenters. The highest BCUT2D eigenvalue weighted by Gasteiger charge is 2.52. The van der Waals surface area contributed by atoms with Crippen LogP contribution in [0, 0.1) is 84.6 Å². The van der Waals surface area contributed by atoms with Crippen LogP contribution in [0.2, 0.25) is 15.1 Å². The lowest BCUT2D eigenvalue weighted by Gasteiger charge is -2.32. The number of aromatic nitrogens is 3. The van der Waals surface area contributed by atoms with Crippen LogP contribution < -0.4 is 5.46 Å². The highest BCUT2D eigenvalue weighted by atomic mass is 79.9. The number of halogens is 8. The van der Waals surface area contributed by atoms with Crippen LogP contribution in [0.15, 0.2) is 172 Å². The number of thiazole rings is 3. The molecule has 2 aliphatic heterocycles. The molecule has 142 heavy (non-hydrogen) atoms. The lowest BCUT2D eigenvalue weighted by molar-refractivity contribution is -0.387. The fraction of sp³-hybridized carbons (Fsp3) is 0.359. The number of hydrogen-bond acceptors (Lipinski definition) is 26. The Morgan fingerprint density at radius 3 is 1.13 bits per heavy atom. The second-order valence-electron chi connectivity index (χ2n) is 37.5. The molecule has 0 aliphatic carbocycles. The Hall–Kier alpha value is -10.7. The van der Waals surface area contributed by atoms with Crippen molar-refractivity contribution in [2.24, 2.45) is 5.92 Å². The second-order valence-corrected chi connectivity index (χ2v) is 44.0. The van der Waals surface area contributed by atoms with Gasteiger partial charge in [-0.2, -0.15) is 13.2 Å². The molecule has 13 aromatic rings. The summed E-state index contributed by atoms with van der Waals surface area (Å²) < 4.78 is 90.4. The van der Waals surface area contributed by atoms with E-state index in [-0.39, 0.29) is 30.4 Å². The maximum atomic E-state index is 14.0. The van der Waals surface area contributed by atoms with E-state index in [1.165, 1.54) is 58.3 Å². The van der Waals surface area contributed by atoms with E-state index in [1.54, 1.807) is 39.0 Å². The first kappa shape index (κ1) is 112. The average molecular weight is 2190 g/mol. The van der Waals surface area contributed by atoms with Gasteiger partial charge in [-0.15, -0.1) is 34.0 Å². The van der Waals surface area contributed by atoms with Gasteiger partial charge in [0, 0.05) is 93.9 Å². The molecular weight excluding hydrogens is 2080 g/mol.